The lowest BCUT2D eigenvalue weighted by Crippen LogP contribution is -2.24. The average molecular weight is 641 g/mol. The quantitative estimate of drug-likeness (QED) is 0.266. The van der Waals surface area contributed by atoms with Crippen LogP contribution in [0.1, 0.15) is 31.8 Å². The largest absolute Gasteiger partial charge is 0.350 e. The van der Waals surface area contributed by atoms with Gasteiger partial charge in [-0.15, -0.1) is 0 Å². The second-order valence-electron chi connectivity index (χ2n) is 12.9. The number of benzene rings is 4. The minimum absolute atomic E-state index is 0.0212. The van der Waals surface area contributed by atoms with Crippen LogP contribution in [0.3, 0.4) is 0 Å². The van der Waals surface area contributed by atoms with E-state index in [0.717, 1.165) is 71.0 Å². The SMILES string of the molecule is CN(C)Cc1ccc(-c2nc3cccc4c3n2CCNC4=O)cc1.CN(C)Cc1ccc(-c2nc3cccc4c3n2CCNC4=O)cc1. The molecular weight excluding hydrogens is 600 g/mol. The van der Waals surface area contributed by atoms with Crippen molar-refractivity contribution in [1.82, 2.24) is 39.5 Å². The van der Waals surface area contributed by atoms with Gasteiger partial charge in [0.2, 0.25) is 0 Å². The molecule has 10 nitrogen and oxygen atoms in total. The van der Waals surface area contributed by atoms with Gasteiger partial charge in [-0.05, 0) is 63.6 Å². The van der Waals surface area contributed by atoms with E-state index in [2.05, 4.69) is 106 Å². The van der Waals surface area contributed by atoms with Crippen molar-refractivity contribution in [2.75, 3.05) is 41.3 Å². The molecule has 0 spiro atoms. The van der Waals surface area contributed by atoms with Gasteiger partial charge in [-0.1, -0.05) is 60.7 Å². The molecule has 0 atom stereocenters. The second kappa shape index (κ2) is 13.1. The number of aromatic nitrogens is 4. The Morgan fingerprint density at radius 1 is 0.583 bits per heavy atom. The number of imidazole rings is 2. The van der Waals surface area contributed by atoms with Crippen molar-refractivity contribution >= 4 is 33.9 Å². The summed E-state index contributed by atoms with van der Waals surface area (Å²) in [5.41, 5.74) is 9.71. The van der Waals surface area contributed by atoms with Crippen molar-refractivity contribution in [2.24, 2.45) is 0 Å². The van der Waals surface area contributed by atoms with Crippen LogP contribution in [-0.4, -0.2) is 82.0 Å². The number of hydrogen-bond donors (Lipinski definition) is 2. The number of hydrogen-bond acceptors (Lipinski definition) is 6. The first-order valence-electron chi connectivity index (χ1n) is 16.3. The van der Waals surface area contributed by atoms with Gasteiger partial charge in [0, 0.05) is 50.4 Å². The highest BCUT2D eigenvalue weighted by molar-refractivity contribution is 6.07. The zero-order valence-corrected chi connectivity index (χ0v) is 27.8. The summed E-state index contributed by atoms with van der Waals surface area (Å²) in [6.45, 7) is 4.52. The van der Waals surface area contributed by atoms with Gasteiger partial charge >= 0.3 is 0 Å². The third-order valence-corrected chi connectivity index (χ3v) is 8.69. The first-order valence-corrected chi connectivity index (χ1v) is 16.3. The van der Waals surface area contributed by atoms with Crippen LogP contribution in [0.5, 0.6) is 0 Å². The summed E-state index contributed by atoms with van der Waals surface area (Å²) in [7, 11) is 8.26. The molecule has 0 unspecified atom stereocenters. The van der Waals surface area contributed by atoms with Crippen LogP contribution < -0.4 is 10.6 Å². The molecule has 2 amide bonds. The normalized spacial score (nSPS) is 14.0. The molecule has 8 rings (SSSR count). The summed E-state index contributed by atoms with van der Waals surface area (Å²) in [5.74, 6) is 1.80. The Balaban J connectivity index is 0.000000152. The maximum Gasteiger partial charge on any atom is 0.253 e. The fourth-order valence-electron chi connectivity index (χ4n) is 6.62. The zero-order valence-electron chi connectivity index (χ0n) is 27.8. The van der Waals surface area contributed by atoms with Crippen molar-refractivity contribution in [1.29, 1.82) is 0 Å². The predicted octanol–water partition coefficient (Wildman–Crippen LogP) is 5.02. The van der Waals surface area contributed by atoms with Crippen LogP contribution in [0.2, 0.25) is 0 Å². The van der Waals surface area contributed by atoms with Crippen LogP contribution in [-0.2, 0) is 26.2 Å². The fourth-order valence-corrected chi connectivity index (χ4v) is 6.62. The van der Waals surface area contributed by atoms with Crippen LogP contribution in [0.4, 0.5) is 0 Å². The van der Waals surface area contributed by atoms with Crippen LogP contribution >= 0.6 is 0 Å². The molecule has 0 saturated carbocycles. The van der Waals surface area contributed by atoms with E-state index in [1.807, 2.05) is 36.4 Å². The summed E-state index contributed by atoms with van der Waals surface area (Å²) < 4.78 is 4.31. The van der Waals surface area contributed by atoms with E-state index >= 15 is 0 Å². The molecule has 0 fully saturated rings. The Kier molecular flexibility index (Phi) is 8.51. The molecule has 6 aromatic rings. The van der Waals surface area contributed by atoms with E-state index in [1.165, 1.54) is 11.1 Å². The van der Waals surface area contributed by atoms with Gasteiger partial charge in [0.25, 0.3) is 11.8 Å². The van der Waals surface area contributed by atoms with Crippen molar-refractivity contribution in [3.63, 3.8) is 0 Å². The van der Waals surface area contributed by atoms with E-state index in [9.17, 15) is 9.59 Å². The molecule has 2 aromatic heterocycles. The van der Waals surface area contributed by atoms with Crippen molar-refractivity contribution in [3.8, 4) is 22.8 Å². The number of rotatable bonds is 6. The molecule has 0 bridgehead atoms. The lowest BCUT2D eigenvalue weighted by molar-refractivity contribution is 0.0948. The highest BCUT2D eigenvalue weighted by Gasteiger charge is 2.23. The molecule has 244 valence electrons. The topological polar surface area (TPSA) is 100 Å². The zero-order chi connectivity index (χ0) is 33.4. The second-order valence-corrected chi connectivity index (χ2v) is 12.9. The maximum atomic E-state index is 12.2. The monoisotopic (exact) mass is 640 g/mol. The Bertz CT molecular complexity index is 1970. The molecule has 2 aliphatic rings. The summed E-state index contributed by atoms with van der Waals surface area (Å²) >= 11 is 0. The lowest BCUT2D eigenvalue weighted by Gasteiger charge is -2.11. The number of carbonyl (C=O) groups is 2. The van der Waals surface area contributed by atoms with E-state index in [4.69, 9.17) is 9.97 Å². The molecule has 2 N–H and O–H groups in total. The highest BCUT2D eigenvalue weighted by Crippen LogP contribution is 2.30. The van der Waals surface area contributed by atoms with E-state index in [1.54, 1.807) is 0 Å². The Morgan fingerprint density at radius 2 is 0.979 bits per heavy atom. The number of nitrogens with zero attached hydrogens (tertiary/aromatic N) is 6. The maximum absolute atomic E-state index is 12.2. The van der Waals surface area contributed by atoms with Gasteiger partial charge in [0.05, 0.1) is 33.2 Å². The lowest BCUT2D eigenvalue weighted by atomic mass is 10.1. The Hall–Kier alpha value is -5.32. The molecule has 48 heavy (non-hydrogen) atoms. The number of carbonyl (C=O) groups excluding carboxylic acids is 2. The van der Waals surface area contributed by atoms with E-state index < -0.39 is 0 Å². The predicted molar refractivity (Wildman–Crippen MR) is 190 cm³/mol. The molecular formula is C38H40N8O2. The summed E-state index contributed by atoms with van der Waals surface area (Å²) in [4.78, 5) is 38.3. The van der Waals surface area contributed by atoms with Gasteiger partial charge in [0.15, 0.2) is 0 Å². The van der Waals surface area contributed by atoms with E-state index in [0.29, 0.717) is 24.2 Å². The summed E-state index contributed by atoms with van der Waals surface area (Å²) in [6.07, 6.45) is 0. The van der Waals surface area contributed by atoms with Gasteiger partial charge in [-0.3, -0.25) is 9.59 Å². The smallest absolute Gasteiger partial charge is 0.253 e. The van der Waals surface area contributed by atoms with Gasteiger partial charge in [-0.25, -0.2) is 9.97 Å². The van der Waals surface area contributed by atoms with Crippen LogP contribution in [0.15, 0.2) is 84.9 Å². The standard InChI is InChI=1S/2C19H20N4O/c2*1-22(2)12-13-6-8-14(9-7-13)18-21-16-5-3-4-15-17(16)23(18)11-10-20-19(15)24/h2*3-9H,10-12H2,1-2H3,(H,20,24). The molecule has 2 aliphatic heterocycles. The van der Waals surface area contributed by atoms with Crippen molar-refractivity contribution in [2.45, 2.75) is 26.2 Å². The van der Waals surface area contributed by atoms with Crippen molar-refractivity contribution < 1.29 is 9.59 Å². The first kappa shape index (κ1) is 31.3. The molecule has 0 saturated heterocycles. The van der Waals surface area contributed by atoms with Crippen LogP contribution in [0.25, 0.3) is 44.8 Å². The number of amides is 2. The minimum atomic E-state index is -0.0212. The number of para-hydroxylation sites is 2. The summed E-state index contributed by atoms with van der Waals surface area (Å²) in [6, 6.07) is 28.5. The van der Waals surface area contributed by atoms with Gasteiger partial charge in [-0.2, -0.15) is 0 Å². The third-order valence-electron chi connectivity index (χ3n) is 8.69. The van der Waals surface area contributed by atoms with E-state index in [-0.39, 0.29) is 11.8 Å². The van der Waals surface area contributed by atoms with Gasteiger partial charge in [0.1, 0.15) is 11.6 Å². The molecule has 0 aliphatic carbocycles. The third kappa shape index (κ3) is 6.08. The molecule has 0 radical (unpaired) electrons. The average Bonchev–Trinajstić information content (AvgIpc) is 3.51. The number of nitrogens with one attached hydrogen (secondary N) is 2. The minimum Gasteiger partial charge on any atom is -0.350 e. The highest BCUT2D eigenvalue weighted by atomic mass is 16.2. The molecule has 4 heterocycles. The molecule has 10 heteroatoms. The Labute approximate surface area is 280 Å². The first-order chi connectivity index (χ1) is 23.3. The van der Waals surface area contributed by atoms with Gasteiger partial charge < -0.3 is 29.6 Å². The molecule has 4 aromatic carbocycles. The summed E-state index contributed by atoms with van der Waals surface area (Å²) in [5, 5.41) is 5.91. The van der Waals surface area contributed by atoms with Crippen molar-refractivity contribution in [3.05, 3.63) is 107 Å². The Morgan fingerprint density at radius 3 is 1.35 bits per heavy atom. The fraction of sp³-hybridized carbons (Fsp3) is 0.263. The van der Waals surface area contributed by atoms with Crippen LogP contribution in [0, 0.1) is 0 Å².